The zero-order valence-corrected chi connectivity index (χ0v) is 9.75. The van der Waals surface area contributed by atoms with Gasteiger partial charge in [-0.3, -0.25) is 4.79 Å². The fourth-order valence-electron chi connectivity index (χ4n) is 1.96. The fourth-order valence-corrected chi connectivity index (χ4v) is 1.96. The van der Waals surface area contributed by atoms with E-state index in [0.29, 0.717) is 18.2 Å². The molecule has 4 nitrogen and oxygen atoms in total. The molecule has 88 valence electrons. The number of amides is 1. The van der Waals surface area contributed by atoms with E-state index in [1.807, 2.05) is 13.8 Å². The van der Waals surface area contributed by atoms with Crippen LogP contribution >= 0.6 is 0 Å². The number of furan rings is 1. The van der Waals surface area contributed by atoms with Crippen molar-refractivity contribution in [3.05, 3.63) is 23.7 Å². The van der Waals surface area contributed by atoms with Crippen LogP contribution in [0.2, 0.25) is 0 Å². The number of rotatable bonds is 4. The predicted octanol–water partition coefficient (Wildman–Crippen LogP) is 1.45. The second kappa shape index (κ2) is 3.94. The molecule has 3 N–H and O–H groups in total. The highest BCUT2D eigenvalue weighted by Crippen LogP contribution is 2.39. The monoisotopic (exact) mass is 222 g/mol. The number of nitrogens with one attached hydrogen (secondary N) is 1. The quantitative estimate of drug-likeness (QED) is 0.810. The minimum absolute atomic E-state index is 0.164. The molecular formula is C12H18N2O2. The highest BCUT2D eigenvalue weighted by Gasteiger charge is 2.42. The highest BCUT2D eigenvalue weighted by molar-refractivity contribution is 5.93. The average Bonchev–Trinajstić information content (AvgIpc) is 3.02. The summed E-state index contributed by atoms with van der Waals surface area (Å²) in [7, 11) is 0. The summed E-state index contributed by atoms with van der Waals surface area (Å²) in [5.74, 6) is 0.736. The first-order valence-electron chi connectivity index (χ1n) is 5.63. The van der Waals surface area contributed by atoms with Crippen LogP contribution in [-0.2, 0) is 0 Å². The molecule has 1 aromatic rings. The molecule has 1 amide bonds. The van der Waals surface area contributed by atoms with Gasteiger partial charge in [-0.25, -0.2) is 0 Å². The lowest BCUT2D eigenvalue weighted by atomic mass is 9.95. The smallest absolute Gasteiger partial charge is 0.287 e. The lowest BCUT2D eigenvalue weighted by Gasteiger charge is -2.29. The zero-order valence-electron chi connectivity index (χ0n) is 9.75. The van der Waals surface area contributed by atoms with Gasteiger partial charge in [-0.05, 0) is 38.7 Å². The molecule has 0 radical (unpaired) electrons. The number of carbonyl (C=O) groups is 1. The van der Waals surface area contributed by atoms with Gasteiger partial charge in [0.15, 0.2) is 5.76 Å². The van der Waals surface area contributed by atoms with Crippen LogP contribution in [0.25, 0.3) is 0 Å². The van der Waals surface area contributed by atoms with Crippen molar-refractivity contribution < 1.29 is 9.21 Å². The van der Waals surface area contributed by atoms with E-state index < -0.39 is 0 Å². The topological polar surface area (TPSA) is 68.3 Å². The van der Waals surface area contributed by atoms with Crippen molar-refractivity contribution in [1.29, 1.82) is 0 Å². The van der Waals surface area contributed by atoms with Crippen molar-refractivity contribution in [2.45, 2.75) is 32.2 Å². The molecule has 1 unspecified atom stereocenters. The van der Waals surface area contributed by atoms with Crippen molar-refractivity contribution in [3.8, 4) is 0 Å². The van der Waals surface area contributed by atoms with Gasteiger partial charge in [0.25, 0.3) is 5.91 Å². The van der Waals surface area contributed by atoms with Gasteiger partial charge in [0, 0.05) is 12.1 Å². The maximum atomic E-state index is 12.0. The summed E-state index contributed by atoms with van der Waals surface area (Å²) in [6.45, 7) is 4.32. The van der Waals surface area contributed by atoms with Crippen molar-refractivity contribution in [2.75, 3.05) is 6.54 Å². The van der Waals surface area contributed by atoms with Crippen LogP contribution in [0.4, 0.5) is 0 Å². The van der Waals surface area contributed by atoms with Crippen LogP contribution in [-0.4, -0.2) is 18.0 Å². The maximum Gasteiger partial charge on any atom is 0.287 e. The van der Waals surface area contributed by atoms with E-state index in [9.17, 15) is 4.79 Å². The van der Waals surface area contributed by atoms with E-state index in [-0.39, 0.29) is 11.4 Å². The van der Waals surface area contributed by atoms with Gasteiger partial charge in [-0.2, -0.15) is 0 Å². The standard InChI is InChI=1S/C12H18N2O2/c1-8-5-6-16-10(8)11(15)14-12(2,7-13)9-3-4-9/h5-6,9H,3-4,7,13H2,1-2H3,(H,14,15). The van der Waals surface area contributed by atoms with Gasteiger partial charge < -0.3 is 15.5 Å². The van der Waals surface area contributed by atoms with E-state index in [1.165, 1.54) is 6.26 Å². The third-order valence-corrected chi connectivity index (χ3v) is 3.37. The first kappa shape index (κ1) is 11.2. The molecule has 1 saturated carbocycles. The Morgan fingerprint density at radius 2 is 2.38 bits per heavy atom. The Bertz CT molecular complexity index is 395. The van der Waals surface area contributed by atoms with Crippen molar-refractivity contribution in [2.24, 2.45) is 11.7 Å². The first-order valence-corrected chi connectivity index (χ1v) is 5.63. The molecule has 4 heteroatoms. The van der Waals surface area contributed by atoms with E-state index in [0.717, 1.165) is 18.4 Å². The Labute approximate surface area is 95.2 Å². The molecule has 0 aliphatic heterocycles. The van der Waals surface area contributed by atoms with Gasteiger partial charge in [0.05, 0.1) is 11.8 Å². The molecule has 0 aromatic carbocycles. The summed E-state index contributed by atoms with van der Waals surface area (Å²) in [5, 5.41) is 2.99. The SMILES string of the molecule is Cc1ccoc1C(=O)NC(C)(CN)C1CC1. The van der Waals surface area contributed by atoms with E-state index >= 15 is 0 Å². The van der Waals surface area contributed by atoms with Gasteiger partial charge in [0.2, 0.25) is 0 Å². The minimum atomic E-state index is -0.295. The molecule has 1 heterocycles. The van der Waals surface area contributed by atoms with Crippen LogP contribution in [0.1, 0.15) is 35.9 Å². The fraction of sp³-hybridized carbons (Fsp3) is 0.583. The van der Waals surface area contributed by atoms with Gasteiger partial charge >= 0.3 is 0 Å². The molecule has 0 bridgehead atoms. The third-order valence-electron chi connectivity index (χ3n) is 3.37. The molecule has 0 spiro atoms. The Balaban J connectivity index is 2.09. The summed E-state index contributed by atoms with van der Waals surface area (Å²) >= 11 is 0. The second-order valence-electron chi connectivity index (χ2n) is 4.78. The molecule has 1 aromatic heterocycles. The third kappa shape index (κ3) is 1.97. The molecule has 1 atom stereocenters. The molecule has 1 fully saturated rings. The van der Waals surface area contributed by atoms with Gasteiger partial charge in [-0.15, -0.1) is 0 Å². The van der Waals surface area contributed by atoms with E-state index in [2.05, 4.69) is 5.32 Å². The minimum Gasteiger partial charge on any atom is -0.459 e. The highest BCUT2D eigenvalue weighted by atomic mass is 16.3. The summed E-state index contributed by atoms with van der Waals surface area (Å²) < 4.78 is 5.16. The summed E-state index contributed by atoms with van der Waals surface area (Å²) in [4.78, 5) is 12.0. The van der Waals surface area contributed by atoms with Crippen LogP contribution in [0.15, 0.2) is 16.7 Å². The van der Waals surface area contributed by atoms with E-state index in [4.69, 9.17) is 10.2 Å². The Kier molecular flexibility index (Phi) is 2.76. The normalized spacial score (nSPS) is 19.2. The molecule has 2 rings (SSSR count). The number of aryl methyl sites for hydroxylation is 1. The number of carbonyl (C=O) groups excluding carboxylic acids is 1. The summed E-state index contributed by atoms with van der Waals surface area (Å²) in [6.07, 6.45) is 3.82. The molecule has 1 aliphatic carbocycles. The van der Waals surface area contributed by atoms with Crippen molar-refractivity contribution in [1.82, 2.24) is 5.32 Å². The van der Waals surface area contributed by atoms with Gasteiger partial charge in [-0.1, -0.05) is 0 Å². The van der Waals surface area contributed by atoms with E-state index in [1.54, 1.807) is 6.07 Å². The molecule has 16 heavy (non-hydrogen) atoms. The Hall–Kier alpha value is -1.29. The average molecular weight is 222 g/mol. The lowest BCUT2D eigenvalue weighted by molar-refractivity contribution is 0.0868. The summed E-state index contributed by atoms with van der Waals surface area (Å²) in [6, 6.07) is 1.78. The number of hydrogen-bond donors (Lipinski definition) is 2. The Morgan fingerprint density at radius 3 is 2.81 bits per heavy atom. The zero-order chi connectivity index (χ0) is 11.8. The van der Waals surface area contributed by atoms with Gasteiger partial charge in [0.1, 0.15) is 0 Å². The largest absolute Gasteiger partial charge is 0.459 e. The lowest BCUT2D eigenvalue weighted by Crippen LogP contribution is -2.53. The summed E-state index contributed by atoms with van der Waals surface area (Å²) in [5.41, 5.74) is 6.30. The maximum absolute atomic E-state index is 12.0. The number of nitrogens with two attached hydrogens (primary N) is 1. The van der Waals surface area contributed by atoms with Crippen molar-refractivity contribution >= 4 is 5.91 Å². The van der Waals surface area contributed by atoms with Crippen LogP contribution in [0.3, 0.4) is 0 Å². The molecule has 0 saturated heterocycles. The van der Waals surface area contributed by atoms with Crippen LogP contribution in [0.5, 0.6) is 0 Å². The van der Waals surface area contributed by atoms with Crippen molar-refractivity contribution in [3.63, 3.8) is 0 Å². The predicted molar refractivity (Wildman–Crippen MR) is 61.1 cm³/mol. The Morgan fingerprint density at radius 1 is 1.69 bits per heavy atom. The first-order chi connectivity index (χ1) is 7.57. The van der Waals surface area contributed by atoms with Crippen LogP contribution < -0.4 is 11.1 Å². The molecular weight excluding hydrogens is 204 g/mol. The number of hydrogen-bond acceptors (Lipinski definition) is 3. The molecule has 1 aliphatic rings. The van der Waals surface area contributed by atoms with Crippen LogP contribution in [0, 0.1) is 12.8 Å². The second-order valence-corrected chi connectivity index (χ2v) is 4.78.